The molecule has 1 aromatic carbocycles. The van der Waals surface area contributed by atoms with Crippen molar-refractivity contribution in [2.45, 2.75) is 18.0 Å². The summed E-state index contributed by atoms with van der Waals surface area (Å²) >= 11 is 2.92. The highest BCUT2D eigenvalue weighted by atomic mass is 79.9. The molecule has 0 aliphatic carbocycles. The van der Waals surface area contributed by atoms with Crippen LogP contribution in [0, 0.1) is 11.6 Å². The van der Waals surface area contributed by atoms with Crippen LogP contribution in [0.4, 0.5) is 8.78 Å². The molecule has 2 aromatic rings. The molecule has 112 valence electrons. The van der Waals surface area contributed by atoms with E-state index < -0.39 is 26.6 Å². The van der Waals surface area contributed by atoms with Crippen LogP contribution in [-0.2, 0) is 23.1 Å². The molecule has 0 fully saturated rings. The van der Waals surface area contributed by atoms with E-state index in [1.54, 1.807) is 12.4 Å². The first kappa shape index (κ1) is 14.6. The van der Waals surface area contributed by atoms with Gasteiger partial charge in [-0.2, -0.15) is 4.31 Å². The first-order valence-electron chi connectivity index (χ1n) is 6.04. The van der Waals surface area contributed by atoms with Gasteiger partial charge in [0.25, 0.3) is 0 Å². The molecule has 0 unspecified atom stereocenters. The van der Waals surface area contributed by atoms with E-state index in [9.17, 15) is 17.2 Å². The van der Waals surface area contributed by atoms with E-state index in [0.717, 1.165) is 10.4 Å². The van der Waals surface area contributed by atoms with Crippen molar-refractivity contribution in [2.24, 2.45) is 0 Å². The Hall–Kier alpha value is -1.32. The fourth-order valence-corrected chi connectivity index (χ4v) is 4.76. The molecule has 0 radical (unpaired) electrons. The van der Waals surface area contributed by atoms with Crippen molar-refractivity contribution in [1.82, 2.24) is 13.9 Å². The molecule has 0 atom stereocenters. The van der Waals surface area contributed by atoms with Crippen molar-refractivity contribution in [3.63, 3.8) is 0 Å². The van der Waals surface area contributed by atoms with Crippen LogP contribution < -0.4 is 0 Å². The zero-order valence-electron chi connectivity index (χ0n) is 10.6. The number of sulfonamides is 1. The minimum absolute atomic E-state index is 0.0542. The van der Waals surface area contributed by atoms with Crippen LogP contribution in [-0.4, -0.2) is 28.8 Å². The summed E-state index contributed by atoms with van der Waals surface area (Å²) in [4.78, 5) is 3.51. The van der Waals surface area contributed by atoms with E-state index in [1.165, 1.54) is 0 Å². The fraction of sp³-hybridized carbons (Fsp3) is 0.250. The third-order valence-electron chi connectivity index (χ3n) is 3.27. The predicted octanol–water partition coefficient (Wildman–Crippen LogP) is 2.13. The third-order valence-corrected chi connectivity index (χ3v) is 6.08. The van der Waals surface area contributed by atoms with Crippen LogP contribution in [0.3, 0.4) is 0 Å². The molecule has 0 N–H and O–H groups in total. The zero-order chi connectivity index (χ0) is 15.2. The molecule has 0 amide bonds. The van der Waals surface area contributed by atoms with E-state index in [4.69, 9.17) is 0 Å². The van der Waals surface area contributed by atoms with Crippen LogP contribution in [0.1, 0.15) is 5.82 Å². The van der Waals surface area contributed by atoms with Gasteiger partial charge in [-0.1, -0.05) is 0 Å². The van der Waals surface area contributed by atoms with Crippen molar-refractivity contribution in [2.75, 3.05) is 6.54 Å². The van der Waals surface area contributed by atoms with Gasteiger partial charge in [-0.3, -0.25) is 0 Å². The maximum atomic E-state index is 13.9. The van der Waals surface area contributed by atoms with Crippen LogP contribution >= 0.6 is 15.9 Å². The molecule has 3 rings (SSSR count). The molecule has 0 bridgehead atoms. The smallest absolute Gasteiger partial charge is 0.247 e. The second-order valence-corrected chi connectivity index (χ2v) is 7.30. The molecule has 1 aliphatic rings. The number of hydrogen-bond donors (Lipinski definition) is 0. The summed E-state index contributed by atoms with van der Waals surface area (Å²) in [5.74, 6) is -1.37. The first-order chi connectivity index (χ1) is 9.89. The second-order valence-electron chi connectivity index (χ2n) is 4.57. The maximum absolute atomic E-state index is 13.9. The molecule has 2 heterocycles. The molecular formula is C12H10BrF2N3O2S. The van der Waals surface area contributed by atoms with E-state index in [0.29, 0.717) is 18.4 Å². The molecule has 1 aliphatic heterocycles. The number of fused-ring (bicyclic) bond motifs is 1. The predicted molar refractivity (Wildman–Crippen MR) is 73.9 cm³/mol. The quantitative estimate of drug-likeness (QED) is 0.805. The van der Waals surface area contributed by atoms with E-state index in [2.05, 4.69) is 20.9 Å². The largest absolute Gasteiger partial charge is 0.333 e. The Morgan fingerprint density at radius 1 is 1.24 bits per heavy atom. The van der Waals surface area contributed by atoms with Crippen molar-refractivity contribution in [1.29, 1.82) is 0 Å². The average molecular weight is 378 g/mol. The minimum Gasteiger partial charge on any atom is -0.333 e. The lowest BCUT2D eigenvalue weighted by Gasteiger charge is -2.27. The van der Waals surface area contributed by atoms with E-state index in [1.807, 2.05) is 4.57 Å². The Labute approximate surface area is 128 Å². The average Bonchev–Trinajstić information content (AvgIpc) is 2.83. The summed E-state index contributed by atoms with van der Waals surface area (Å²) in [6, 6.07) is 1.49. The van der Waals surface area contributed by atoms with Gasteiger partial charge in [-0.05, 0) is 22.0 Å². The number of hydrogen-bond acceptors (Lipinski definition) is 3. The molecule has 0 spiro atoms. The lowest BCUT2D eigenvalue weighted by molar-refractivity contribution is 0.333. The number of aromatic nitrogens is 2. The van der Waals surface area contributed by atoms with Gasteiger partial charge in [0, 0.05) is 36.0 Å². The van der Waals surface area contributed by atoms with Crippen LogP contribution in [0.15, 0.2) is 33.9 Å². The van der Waals surface area contributed by atoms with Crippen LogP contribution in [0.2, 0.25) is 0 Å². The highest BCUT2D eigenvalue weighted by Gasteiger charge is 2.33. The maximum Gasteiger partial charge on any atom is 0.247 e. The van der Waals surface area contributed by atoms with Gasteiger partial charge in [-0.15, -0.1) is 0 Å². The lowest BCUT2D eigenvalue weighted by atomic mass is 10.3. The topological polar surface area (TPSA) is 55.2 Å². The van der Waals surface area contributed by atoms with Crippen LogP contribution in [0.5, 0.6) is 0 Å². The Morgan fingerprint density at radius 3 is 2.71 bits per heavy atom. The second kappa shape index (κ2) is 5.15. The van der Waals surface area contributed by atoms with Crippen molar-refractivity contribution in [3.8, 4) is 0 Å². The lowest BCUT2D eigenvalue weighted by Crippen LogP contribution is -2.38. The van der Waals surface area contributed by atoms with Gasteiger partial charge in [0.1, 0.15) is 22.4 Å². The normalized spacial score (nSPS) is 16.0. The Kier molecular flexibility index (Phi) is 3.58. The standard InChI is InChI=1S/C12H10BrF2N3O2S/c13-9-5-8(14)6-10(15)12(9)21(19,20)18-4-3-17-2-1-16-11(17)7-18/h1-2,5-6H,3-4,7H2. The Morgan fingerprint density at radius 2 is 2.00 bits per heavy atom. The third kappa shape index (κ3) is 2.49. The summed E-state index contributed by atoms with van der Waals surface area (Å²) in [6.07, 6.45) is 3.34. The molecule has 0 saturated carbocycles. The summed E-state index contributed by atoms with van der Waals surface area (Å²) in [7, 11) is -4.07. The first-order valence-corrected chi connectivity index (χ1v) is 8.27. The van der Waals surface area contributed by atoms with E-state index >= 15 is 0 Å². The van der Waals surface area contributed by atoms with Crippen molar-refractivity contribution in [3.05, 3.63) is 46.5 Å². The van der Waals surface area contributed by atoms with Crippen LogP contribution in [0.25, 0.3) is 0 Å². The van der Waals surface area contributed by atoms with Gasteiger partial charge < -0.3 is 4.57 Å². The highest BCUT2D eigenvalue weighted by Crippen LogP contribution is 2.30. The summed E-state index contributed by atoms with van der Waals surface area (Å²) < 4.78 is 55.0. The fourth-order valence-electron chi connectivity index (χ4n) is 2.26. The number of benzene rings is 1. The monoisotopic (exact) mass is 377 g/mol. The summed E-state index contributed by atoms with van der Waals surface area (Å²) in [6.45, 7) is 0.697. The molecular weight excluding hydrogens is 368 g/mol. The summed E-state index contributed by atoms with van der Waals surface area (Å²) in [5.41, 5.74) is 0. The molecule has 9 heteroatoms. The van der Waals surface area contributed by atoms with Gasteiger partial charge in [-0.25, -0.2) is 22.2 Å². The van der Waals surface area contributed by atoms with Gasteiger partial charge >= 0.3 is 0 Å². The Bertz CT molecular complexity index is 784. The minimum atomic E-state index is -4.07. The number of imidazole rings is 1. The number of halogens is 3. The SMILES string of the molecule is O=S(=O)(c1c(F)cc(F)cc1Br)N1CCn2ccnc2C1. The number of nitrogens with zero attached hydrogens (tertiary/aromatic N) is 3. The van der Waals surface area contributed by atoms with Crippen molar-refractivity contribution < 1.29 is 17.2 Å². The molecule has 1 aromatic heterocycles. The number of rotatable bonds is 2. The van der Waals surface area contributed by atoms with Crippen molar-refractivity contribution >= 4 is 26.0 Å². The highest BCUT2D eigenvalue weighted by molar-refractivity contribution is 9.10. The van der Waals surface area contributed by atoms with Gasteiger partial charge in [0.15, 0.2) is 0 Å². The Balaban J connectivity index is 2.03. The molecule has 0 saturated heterocycles. The molecule has 21 heavy (non-hydrogen) atoms. The van der Waals surface area contributed by atoms with Gasteiger partial charge in [0.05, 0.1) is 6.54 Å². The van der Waals surface area contributed by atoms with Gasteiger partial charge in [0.2, 0.25) is 10.0 Å². The molecule has 5 nitrogen and oxygen atoms in total. The summed E-state index contributed by atoms with van der Waals surface area (Å²) in [5, 5.41) is 0. The van der Waals surface area contributed by atoms with E-state index in [-0.39, 0.29) is 17.6 Å². The zero-order valence-corrected chi connectivity index (χ0v) is 13.0.